The largest absolute Gasteiger partial charge is 0.467 e. The van der Waals surface area contributed by atoms with Gasteiger partial charge in [0.15, 0.2) is 0 Å². The number of hydrogen-bond donors (Lipinski definition) is 3. The topological polar surface area (TPSA) is 105 Å². The number of esters is 1. The first kappa shape index (κ1) is 17.9. The molecule has 130 valence electrons. The van der Waals surface area contributed by atoms with Gasteiger partial charge in [0.2, 0.25) is 11.8 Å². The van der Waals surface area contributed by atoms with E-state index >= 15 is 0 Å². The first-order valence-corrected chi connectivity index (χ1v) is 7.75. The Morgan fingerprint density at radius 2 is 2.00 bits per heavy atom. The number of aliphatic hydroxyl groups is 1. The highest BCUT2D eigenvalue weighted by Crippen LogP contribution is 2.43. The Balaban J connectivity index is 2.12. The summed E-state index contributed by atoms with van der Waals surface area (Å²) in [6.45, 7) is 1.10. The standard InChI is InChI=1S/C17H22N2O5/c1-11(21)19-17(9-13(17)10-20)16(23)18-14(15(22)24-2)8-12-6-4-3-5-7-12/h3-7,13-14,20H,8-10H2,1-2H3,(H,18,23)(H,19,21)/t13-,14-,17-/m0/s1. The zero-order chi connectivity index (χ0) is 17.7. The highest BCUT2D eigenvalue weighted by atomic mass is 16.5. The number of benzene rings is 1. The van der Waals surface area contributed by atoms with E-state index in [1.54, 1.807) is 0 Å². The molecule has 0 bridgehead atoms. The van der Waals surface area contributed by atoms with Crippen LogP contribution in [0.25, 0.3) is 0 Å². The predicted octanol–water partition coefficient (Wildman–Crippen LogP) is -0.226. The summed E-state index contributed by atoms with van der Waals surface area (Å²) in [5.41, 5.74) is -0.278. The van der Waals surface area contributed by atoms with Crippen LogP contribution in [-0.2, 0) is 25.5 Å². The summed E-state index contributed by atoms with van der Waals surface area (Å²) in [5, 5.41) is 14.5. The third-order valence-electron chi connectivity index (χ3n) is 4.20. The van der Waals surface area contributed by atoms with Crippen LogP contribution in [0.1, 0.15) is 18.9 Å². The molecule has 0 aromatic heterocycles. The zero-order valence-corrected chi connectivity index (χ0v) is 13.7. The number of amides is 2. The van der Waals surface area contributed by atoms with Crippen LogP contribution in [0.3, 0.4) is 0 Å². The third-order valence-corrected chi connectivity index (χ3v) is 4.20. The summed E-state index contributed by atoms with van der Waals surface area (Å²) < 4.78 is 4.76. The Labute approximate surface area is 140 Å². The number of nitrogens with one attached hydrogen (secondary N) is 2. The average molecular weight is 334 g/mol. The van der Waals surface area contributed by atoms with Gasteiger partial charge in [-0.1, -0.05) is 30.3 Å². The maximum atomic E-state index is 12.6. The fourth-order valence-electron chi connectivity index (χ4n) is 2.82. The SMILES string of the molecule is COC(=O)[C@H](Cc1ccccc1)NC(=O)[C@]1(NC(C)=O)C[C@H]1CO. The molecule has 1 saturated carbocycles. The summed E-state index contributed by atoms with van der Waals surface area (Å²) in [7, 11) is 1.25. The molecule has 0 spiro atoms. The van der Waals surface area contributed by atoms with Crippen molar-refractivity contribution in [1.82, 2.24) is 10.6 Å². The van der Waals surface area contributed by atoms with Crippen molar-refractivity contribution < 1.29 is 24.2 Å². The number of carbonyl (C=O) groups is 3. The fraction of sp³-hybridized carbons (Fsp3) is 0.471. The van der Waals surface area contributed by atoms with Crippen LogP contribution in [0.5, 0.6) is 0 Å². The van der Waals surface area contributed by atoms with Crippen LogP contribution in [0.4, 0.5) is 0 Å². The molecule has 0 saturated heterocycles. The van der Waals surface area contributed by atoms with Crippen LogP contribution in [-0.4, -0.2) is 48.2 Å². The van der Waals surface area contributed by atoms with E-state index < -0.39 is 23.5 Å². The van der Waals surface area contributed by atoms with Crippen molar-refractivity contribution in [3.8, 4) is 0 Å². The van der Waals surface area contributed by atoms with Gasteiger partial charge in [-0.05, 0) is 12.0 Å². The van der Waals surface area contributed by atoms with Crippen molar-refractivity contribution >= 4 is 17.8 Å². The van der Waals surface area contributed by atoms with Gasteiger partial charge >= 0.3 is 5.97 Å². The van der Waals surface area contributed by atoms with Gasteiger partial charge in [0.25, 0.3) is 0 Å². The van der Waals surface area contributed by atoms with Crippen LogP contribution >= 0.6 is 0 Å². The lowest BCUT2D eigenvalue weighted by Gasteiger charge is -2.22. The van der Waals surface area contributed by atoms with Crippen LogP contribution in [0.2, 0.25) is 0 Å². The Hall–Kier alpha value is -2.41. The summed E-state index contributed by atoms with van der Waals surface area (Å²) in [5.74, 6) is -1.76. The molecule has 0 heterocycles. The lowest BCUT2D eigenvalue weighted by Crippen LogP contribution is -2.55. The molecule has 3 atom stereocenters. The lowest BCUT2D eigenvalue weighted by atomic mass is 10.0. The molecule has 2 amide bonds. The van der Waals surface area contributed by atoms with E-state index in [1.807, 2.05) is 30.3 Å². The van der Waals surface area contributed by atoms with Crippen LogP contribution < -0.4 is 10.6 Å². The van der Waals surface area contributed by atoms with E-state index in [2.05, 4.69) is 10.6 Å². The molecular weight excluding hydrogens is 312 g/mol. The minimum absolute atomic E-state index is 0.213. The molecular formula is C17H22N2O5. The van der Waals surface area contributed by atoms with Crippen LogP contribution in [0.15, 0.2) is 30.3 Å². The third kappa shape index (κ3) is 3.91. The Kier molecular flexibility index (Phi) is 5.56. The molecule has 1 aromatic carbocycles. The normalized spacial score (nSPS) is 23.0. The summed E-state index contributed by atoms with van der Waals surface area (Å²) in [6, 6.07) is 8.37. The maximum Gasteiger partial charge on any atom is 0.328 e. The van der Waals surface area contributed by atoms with Gasteiger partial charge in [-0.3, -0.25) is 9.59 Å². The van der Waals surface area contributed by atoms with E-state index in [-0.39, 0.29) is 24.9 Å². The molecule has 0 aliphatic heterocycles. The van der Waals surface area contributed by atoms with E-state index in [4.69, 9.17) is 4.74 Å². The smallest absolute Gasteiger partial charge is 0.328 e. The second-order valence-corrected chi connectivity index (χ2v) is 5.98. The molecule has 24 heavy (non-hydrogen) atoms. The van der Waals surface area contributed by atoms with E-state index in [1.165, 1.54) is 14.0 Å². The zero-order valence-electron chi connectivity index (χ0n) is 13.7. The van der Waals surface area contributed by atoms with Crippen molar-refractivity contribution in [2.24, 2.45) is 5.92 Å². The molecule has 1 fully saturated rings. The van der Waals surface area contributed by atoms with Gasteiger partial charge in [0.1, 0.15) is 11.6 Å². The van der Waals surface area contributed by atoms with Crippen molar-refractivity contribution in [3.05, 3.63) is 35.9 Å². The molecule has 0 radical (unpaired) electrons. The van der Waals surface area contributed by atoms with Crippen molar-refractivity contribution in [2.45, 2.75) is 31.3 Å². The Morgan fingerprint density at radius 3 is 2.50 bits per heavy atom. The molecule has 7 nitrogen and oxygen atoms in total. The van der Waals surface area contributed by atoms with Gasteiger partial charge in [-0.2, -0.15) is 0 Å². The average Bonchev–Trinajstić information content (AvgIpc) is 3.28. The maximum absolute atomic E-state index is 12.6. The Bertz CT molecular complexity index is 619. The number of methoxy groups -OCH3 is 1. The predicted molar refractivity (Wildman–Crippen MR) is 85.8 cm³/mol. The highest BCUT2D eigenvalue weighted by Gasteiger charge is 2.60. The molecule has 0 unspecified atom stereocenters. The minimum atomic E-state index is -1.15. The Morgan fingerprint density at radius 1 is 1.33 bits per heavy atom. The lowest BCUT2D eigenvalue weighted by molar-refractivity contribution is -0.145. The van der Waals surface area contributed by atoms with Gasteiger partial charge in [0.05, 0.1) is 7.11 Å². The number of aliphatic hydroxyl groups excluding tert-OH is 1. The molecule has 1 aliphatic carbocycles. The van der Waals surface area contributed by atoms with Crippen LogP contribution in [0, 0.1) is 5.92 Å². The van der Waals surface area contributed by atoms with Gasteiger partial charge < -0.3 is 20.5 Å². The second kappa shape index (κ2) is 7.44. The highest BCUT2D eigenvalue weighted by molar-refractivity contribution is 5.96. The minimum Gasteiger partial charge on any atom is -0.467 e. The van der Waals surface area contributed by atoms with Crippen molar-refractivity contribution in [1.29, 1.82) is 0 Å². The molecule has 1 aliphatic rings. The number of ether oxygens (including phenoxy) is 1. The molecule has 2 rings (SSSR count). The molecule has 1 aromatic rings. The first-order valence-electron chi connectivity index (χ1n) is 7.75. The van der Waals surface area contributed by atoms with Crippen molar-refractivity contribution in [2.75, 3.05) is 13.7 Å². The summed E-state index contributed by atoms with van der Waals surface area (Å²) >= 11 is 0. The monoisotopic (exact) mass is 334 g/mol. The fourth-order valence-corrected chi connectivity index (χ4v) is 2.82. The van der Waals surface area contributed by atoms with E-state index in [0.717, 1.165) is 5.56 Å². The summed E-state index contributed by atoms with van der Waals surface area (Å²) in [4.78, 5) is 36.0. The first-order chi connectivity index (χ1) is 11.4. The summed E-state index contributed by atoms with van der Waals surface area (Å²) in [6.07, 6.45) is 0.618. The number of carbonyl (C=O) groups excluding carboxylic acids is 3. The van der Waals surface area contributed by atoms with Gasteiger partial charge in [-0.15, -0.1) is 0 Å². The van der Waals surface area contributed by atoms with E-state index in [0.29, 0.717) is 6.42 Å². The molecule has 3 N–H and O–H groups in total. The van der Waals surface area contributed by atoms with Crippen molar-refractivity contribution in [3.63, 3.8) is 0 Å². The van der Waals surface area contributed by atoms with Gasteiger partial charge in [-0.25, -0.2) is 4.79 Å². The quantitative estimate of drug-likeness (QED) is 0.598. The number of rotatable bonds is 7. The van der Waals surface area contributed by atoms with Gasteiger partial charge in [0, 0.05) is 25.9 Å². The number of hydrogen-bond acceptors (Lipinski definition) is 5. The van der Waals surface area contributed by atoms with E-state index in [9.17, 15) is 19.5 Å². The second-order valence-electron chi connectivity index (χ2n) is 5.98. The molecule has 7 heteroatoms.